The Balaban J connectivity index is 3.20. The molecule has 1 aromatic heterocycles. The Morgan fingerprint density at radius 1 is 1.62 bits per heavy atom. The van der Waals surface area contributed by atoms with E-state index in [2.05, 4.69) is 4.98 Å². The minimum Gasteiger partial charge on any atom is -0.383 e. The highest BCUT2D eigenvalue weighted by Crippen LogP contribution is 2.28. The van der Waals surface area contributed by atoms with Gasteiger partial charge in [0.15, 0.2) is 0 Å². The van der Waals surface area contributed by atoms with E-state index in [1.54, 1.807) is 12.3 Å². The second-order valence-corrected chi connectivity index (χ2v) is 3.35. The van der Waals surface area contributed by atoms with Gasteiger partial charge in [-0.25, -0.2) is 9.37 Å². The summed E-state index contributed by atoms with van der Waals surface area (Å²) in [4.78, 5) is 3.88. The van der Waals surface area contributed by atoms with E-state index < -0.39 is 5.67 Å². The van der Waals surface area contributed by atoms with Gasteiger partial charge in [0.2, 0.25) is 0 Å². The first kappa shape index (κ1) is 9.92. The van der Waals surface area contributed by atoms with Crippen molar-refractivity contribution in [3.63, 3.8) is 0 Å². The average molecular weight is 183 g/mol. The first-order valence-electron chi connectivity index (χ1n) is 4.09. The molecule has 0 aliphatic heterocycles. The molecule has 0 radical (unpaired) electrons. The maximum atomic E-state index is 13.7. The SMILES string of the molecule is Cc1cnc(N)c(C(C)(F)CN)c1. The van der Waals surface area contributed by atoms with Crippen LogP contribution in [0.3, 0.4) is 0 Å². The molecule has 72 valence electrons. The fourth-order valence-electron chi connectivity index (χ4n) is 1.11. The van der Waals surface area contributed by atoms with Crippen molar-refractivity contribution < 1.29 is 4.39 Å². The van der Waals surface area contributed by atoms with E-state index >= 15 is 0 Å². The second-order valence-electron chi connectivity index (χ2n) is 3.35. The molecule has 0 saturated carbocycles. The number of pyridine rings is 1. The van der Waals surface area contributed by atoms with Crippen molar-refractivity contribution >= 4 is 5.82 Å². The van der Waals surface area contributed by atoms with Crippen LogP contribution in [-0.2, 0) is 5.67 Å². The number of anilines is 1. The number of nitrogen functional groups attached to an aromatic ring is 1. The van der Waals surface area contributed by atoms with Crippen molar-refractivity contribution in [1.82, 2.24) is 4.98 Å². The molecule has 1 unspecified atom stereocenters. The van der Waals surface area contributed by atoms with E-state index in [0.717, 1.165) is 5.56 Å². The maximum Gasteiger partial charge on any atom is 0.148 e. The summed E-state index contributed by atoms with van der Waals surface area (Å²) in [6.07, 6.45) is 1.60. The van der Waals surface area contributed by atoms with E-state index in [0.29, 0.717) is 5.56 Å². The highest BCUT2D eigenvalue weighted by molar-refractivity contribution is 5.44. The van der Waals surface area contributed by atoms with E-state index in [-0.39, 0.29) is 12.4 Å². The molecule has 0 saturated heterocycles. The van der Waals surface area contributed by atoms with Crippen LogP contribution in [0.1, 0.15) is 18.1 Å². The van der Waals surface area contributed by atoms with Crippen molar-refractivity contribution in [3.05, 3.63) is 23.4 Å². The summed E-state index contributed by atoms with van der Waals surface area (Å²) in [5.74, 6) is 0.209. The Kier molecular flexibility index (Phi) is 2.52. The third-order valence-corrected chi connectivity index (χ3v) is 2.00. The van der Waals surface area contributed by atoms with Crippen LogP contribution in [0.4, 0.5) is 10.2 Å². The molecule has 1 atom stereocenters. The topological polar surface area (TPSA) is 64.9 Å². The molecule has 1 heterocycles. The number of hydrogen-bond acceptors (Lipinski definition) is 3. The second kappa shape index (κ2) is 3.30. The smallest absolute Gasteiger partial charge is 0.148 e. The predicted octanol–water partition coefficient (Wildman–Crippen LogP) is 1.12. The summed E-state index contributed by atoms with van der Waals surface area (Å²) in [7, 11) is 0. The van der Waals surface area contributed by atoms with Crippen LogP contribution in [-0.4, -0.2) is 11.5 Å². The lowest BCUT2D eigenvalue weighted by molar-refractivity contribution is 0.204. The van der Waals surface area contributed by atoms with Crippen LogP contribution in [0.25, 0.3) is 0 Å². The van der Waals surface area contributed by atoms with Crippen LogP contribution in [0.15, 0.2) is 12.3 Å². The van der Waals surface area contributed by atoms with E-state index in [1.165, 1.54) is 6.92 Å². The molecule has 1 rings (SSSR count). The molecule has 0 amide bonds. The standard InChI is InChI=1S/C9H14FN3/c1-6-3-7(8(12)13-4-6)9(2,10)5-11/h3-4H,5,11H2,1-2H3,(H2,12,13). The van der Waals surface area contributed by atoms with Gasteiger partial charge < -0.3 is 11.5 Å². The van der Waals surface area contributed by atoms with Crippen LogP contribution in [0.2, 0.25) is 0 Å². The normalized spacial score (nSPS) is 15.4. The number of aromatic nitrogens is 1. The van der Waals surface area contributed by atoms with Crippen LogP contribution >= 0.6 is 0 Å². The van der Waals surface area contributed by atoms with Gasteiger partial charge in [0, 0.05) is 18.3 Å². The molecule has 0 aliphatic rings. The molecule has 0 bridgehead atoms. The van der Waals surface area contributed by atoms with Gasteiger partial charge in [0.25, 0.3) is 0 Å². The van der Waals surface area contributed by atoms with E-state index in [4.69, 9.17) is 11.5 Å². The number of hydrogen-bond donors (Lipinski definition) is 2. The molecule has 0 aliphatic carbocycles. The highest BCUT2D eigenvalue weighted by Gasteiger charge is 2.26. The molecule has 0 spiro atoms. The number of nitrogens with two attached hydrogens (primary N) is 2. The summed E-state index contributed by atoms with van der Waals surface area (Å²) in [6, 6.07) is 1.68. The largest absolute Gasteiger partial charge is 0.383 e. The minimum atomic E-state index is -1.59. The van der Waals surface area contributed by atoms with Gasteiger partial charge >= 0.3 is 0 Å². The van der Waals surface area contributed by atoms with Crippen LogP contribution in [0.5, 0.6) is 0 Å². The van der Waals surface area contributed by atoms with Gasteiger partial charge in [-0.2, -0.15) is 0 Å². The Labute approximate surface area is 77.0 Å². The van der Waals surface area contributed by atoms with Gasteiger partial charge in [-0.05, 0) is 25.5 Å². The van der Waals surface area contributed by atoms with Gasteiger partial charge in [0.1, 0.15) is 11.5 Å². The third-order valence-electron chi connectivity index (χ3n) is 2.00. The van der Waals surface area contributed by atoms with E-state index in [9.17, 15) is 4.39 Å². The van der Waals surface area contributed by atoms with Crippen molar-refractivity contribution in [2.45, 2.75) is 19.5 Å². The van der Waals surface area contributed by atoms with Gasteiger partial charge in [-0.15, -0.1) is 0 Å². The van der Waals surface area contributed by atoms with E-state index in [1.807, 2.05) is 6.92 Å². The van der Waals surface area contributed by atoms with Crippen molar-refractivity contribution in [3.8, 4) is 0 Å². The van der Waals surface area contributed by atoms with Gasteiger partial charge in [-0.3, -0.25) is 0 Å². The molecular weight excluding hydrogens is 169 g/mol. The predicted molar refractivity (Wildman–Crippen MR) is 50.9 cm³/mol. The van der Waals surface area contributed by atoms with Crippen LogP contribution in [0, 0.1) is 6.92 Å². The molecule has 4 heteroatoms. The molecule has 4 N–H and O–H groups in total. The zero-order valence-corrected chi connectivity index (χ0v) is 7.84. The zero-order chi connectivity index (χ0) is 10.1. The Bertz CT molecular complexity index is 310. The molecule has 0 aromatic carbocycles. The highest BCUT2D eigenvalue weighted by atomic mass is 19.1. The fraction of sp³-hybridized carbons (Fsp3) is 0.444. The van der Waals surface area contributed by atoms with Crippen molar-refractivity contribution in [2.75, 3.05) is 12.3 Å². The summed E-state index contributed by atoms with van der Waals surface area (Å²) in [6.45, 7) is 3.14. The number of nitrogens with zero attached hydrogens (tertiary/aromatic N) is 1. The molecule has 3 nitrogen and oxygen atoms in total. The first-order valence-corrected chi connectivity index (χ1v) is 4.09. The summed E-state index contributed by atoms with van der Waals surface area (Å²) in [5.41, 5.74) is 10.5. The lowest BCUT2D eigenvalue weighted by Crippen LogP contribution is -2.28. The Morgan fingerprint density at radius 3 is 2.77 bits per heavy atom. The maximum absolute atomic E-state index is 13.7. The van der Waals surface area contributed by atoms with Crippen LogP contribution < -0.4 is 11.5 Å². The van der Waals surface area contributed by atoms with Gasteiger partial charge in [-0.1, -0.05) is 0 Å². The van der Waals surface area contributed by atoms with Crippen molar-refractivity contribution in [1.29, 1.82) is 0 Å². The fourth-order valence-corrected chi connectivity index (χ4v) is 1.11. The summed E-state index contributed by atoms with van der Waals surface area (Å²) < 4.78 is 13.7. The minimum absolute atomic E-state index is 0.0949. The number of aryl methyl sites for hydroxylation is 1. The number of halogens is 1. The molecule has 0 fully saturated rings. The summed E-state index contributed by atoms with van der Waals surface area (Å²) >= 11 is 0. The first-order chi connectivity index (χ1) is 5.97. The van der Waals surface area contributed by atoms with Gasteiger partial charge in [0.05, 0.1) is 0 Å². The zero-order valence-electron chi connectivity index (χ0n) is 7.84. The number of alkyl halides is 1. The third kappa shape index (κ3) is 1.95. The average Bonchev–Trinajstić information content (AvgIpc) is 2.09. The molecular formula is C9H14FN3. The quantitative estimate of drug-likeness (QED) is 0.722. The Morgan fingerprint density at radius 2 is 2.23 bits per heavy atom. The summed E-state index contributed by atoms with van der Waals surface area (Å²) in [5, 5.41) is 0. The molecule has 13 heavy (non-hydrogen) atoms. The lowest BCUT2D eigenvalue weighted by atomic mass is 9.98. The van der Waals surface area contributed by atoms with Crippen molar-refractivity contribution in [2.24, 2.45) is 5.73 Å². The lowest BCUT2D eigenvalue weighted by Gasteiger charge is -2.19. The molecule has 1 aromatic rings. The monoisotopic (exact) mass is 183 g/mol. The Hall–Kier alpha value is -1.16. The number of rotatable bonds is 2.